The van der Waals surface area contributed by atoms with Crippen molar-refractivity contribution in [3.63, 3.8) is 0 Å². The van der Waals surface area contributed by atoms with E-state index in [4.69, 9.17) is 10.5 Å². The summed E-state index contributed by atoms with van der Waals surface area (Å²) < 4.78 is 6.77. The van der Waals surface area contributed by atoms with E-state index < -0.39 is 0 Å². The molecule has 0 spiro atoms. The van der Waals surface area contributed by atoms with Crippen molar-refractivity contribution in [1.82, 2.24) is 0 Å². The van der Waals surface area contributed by atoms with Gasteiger partial charge in [0.05, 0.1) is 0 Å². The van der Waals surface area contributed by atoms with Crippen LogP contribution < -0.4 is 10.5 Å². The Morgan fingerprint density at radius 2 is 2.00 bits per heavy atom. The van der Waals surface area contributed by atoms with Crippen LogP contribution in [0.3, 0.4) is 0 Å². The van der Waals surface area contributed by atoms with Gasteiger partial charge in [-0.15, -0.1) is 0 Å². The lowest BCUT2D eigenvalue weighted by atomic mass is 10.1. The second-order valence-corrected chi connectivity index (χ2v) is 4.99. The van der Waals surface area contributed by atoms with Gasteiger partial charge in [-0.1, -0.05) is 41.1 Å². The topological polar surface area (TPSA) is 35.2 Å². The van der Waals surface area contributed by atoms with E-state index in [-0.39, 0.29) is 0 Å². The number of nitrogens with two attached hydrogens (primary N) is 1. The van der Waals surface area contributed by atoms with Crippen molar-refractivity contribution in [2.75, 3.05) is 5.73 Å². The van der Waals surface area contributed by atoms with Gasteiger partial charge in [-0.05, 0) is 36.2 Å². The predicted octanol–water partition coefficient (Wildman–Crippen LogP) is 4.17. The van der Waals surface area contributed by atoms with Crippen molar-refractivity contribution in [3.8, 4) is 5.75 Å². The van der Waals surface area contributed by atoms with Crippen molar-refractivity contribution in [1.29, 1.82) is 0 Å². The van der Waals surface area contributed by atoms with E-state index in [0.29, 0.717) is 6.61 Å². The maximum atomic E-state index is 5.78. The number of halogens is 1. The Balaban J connectivity index is 2.06. The molecule has 0 aromatic heterocycles. The van der Waals surface area contributed by atoms with E-state index >= 15 is 0 Å². The van der Waals surface area contributed by atoms with Crippen LogP contribution in [0.4, 0.5) is 5.69 Å². The lowest BCUT2D eigenvalue weighted by Crippen LogP contribution is -1.97. The third-order valence-corrected chi connectivity index (χ3v) is 3.52. The third-order valence-electron chi connectivity index (χ3n) is 2.78. The molecule has 2 rings (SSSR count). The molecule has 0 bridgehead atoms. The predicted molar refractivity (Wildman–Crippen MR) is 78.7 cm³/mol. The Morgan fingerprint density at radius 3 is 2.72 bits per heavy atom. The molecule has 0 radical (unpaired) electrons. The normalized spacial score (nSPS) is 10.3. The largest absolute Gasteiger partial charge is 0.489 e. The fraction of sp³-hybridized carbons (Fsp3) is 0.200. The van der Waals surface area contributed by atoms with Crippen LogP contribution in [-0.4, -0.2) is 0 Å². The second kappa shape index (κ2) is 5.91. The number of benzene rings is 2. The van der Waals surface area contributed by atoms with Crippen LogP contribution in [0.2, 0.25) is 0 Å². The minimum atomic E-state index is 0.536. The molecular weight excluding hydrogens is 290 g/mol. The molecule has 2 N–H and O–H groups in total. The standard InChI is InChI=1S/C15H16BrNO/c1-2-11-4-3-5-14(8-11)18-10-12-6-7-13(17)9-15(12)16/h3-9H,2,10,17H2,1H3. The molecule has 0 aliphatic heterocycles. The monoisotopic (exact) mass is 305 g/mol. The average Bonchev–Trinajstić information content (AvgIpc) is 2.38. The molecule has 0 atom stereocenters. The smallest absolute Gasteiger partial charge is 0.120 e. The molecule has 2 nitrogen and oxygen atoms in total. The minimum absolute atomic E-state index is 0.536. The molecule has 0 aliphatic carbocycles. The van der Waals surface area contributed by atoms with Crippen LogP contribution in [0.5, 0.6) is 5.75 Å². The van der Waals surface area contributed by atoms with Gasteiger partial charge in [0.25, 0.3) is 0 Å². The van der Waals surface area contributed by atoms with Gasteiger partial charge in [0.15, 0.2) is 0 Å². The fourth-order valence-corrected chi connectivity index (χ4v) is 2.21. The highest BCUT2D eigenvalue weighted by Crippen LogP contribution is 2.22. The SMILES string of the molecule is CCc1cccc(OCc2ccc(N)cc2Br)c1. The molecule has 0 aliphatic rings. The molecule has 2 aromatic carbocycles. The molecule has 0 saturated heterocycles. The van der Waals surface area contributed by atoms with Crippen LogP contribution in [0.1, 0.15) is 18.1 Å². The number of nitrogen functional groups attached to an aromatic ring is 1. The third kappa shape index (κ3) is 3.26. The van der Waals surface area contributed by atoms with Gasteiger partial charge >= 0.3 is 0 Å². The van der Waals surface area contributed by atoms with Crippen LogP contribution in [0, 0.1) is 0 Å². The zero-order chi connectivity index (χ0) is 13.0. The highest BCUT2D eigenvalue weighted by atomic mass is 79.9. The summed E-state index contributed by atoms with van der Waals surface area (Å²) in [5, 5.41) is 0. The first-order valence-electron chi connectivity index (χ1n) is 5.94. The number of hydrogen-bond acceptors (Lipinski definition) is 2. The van der Waals surface area contributed by atoms with Crippen molar-refractivity contribution in [2.45, 2.75) is 20.0 Å². The van der Waals surface area contributed by atoms with Gasteiger partial charge in [0, 0.05) is 15.7 Å². The first-order valence-corrected chi connectivity index (χ1v) is 6.74. The van der Waals surface area contributed by atoms with Gasteiger partial charge in [-0.25, -0.2) is 0 Å². The molecule has 0 heterocycles. The zero-order valence-electron chi connectivity index (χ0n) is 10.3. The first kappa shape index (κ1) is 13.0. The highest BCUT2D eigenvalue weighted by molar-refractivity contribution is 9.10. The number of aryl methyl sites for hydroxylation is 1. The van der Waals surface area contributed by atoms with Crippen LogP contribution in [-0.2, 0) is 13.0 Å². The maximum Gasteiger partial charge on any atom is 0.120 e. The van der Waals surface area contributed by atoms with E-state index in [1.54, 1.807) is 0 Å². The van der Waals surface area contributed by atoms with Gasteiger partial charge < -0.3 is 10.5 Å². The van der Waals surface area contributed by atoms with Crippen LogP contribution >= 0.6 is 15.9 Å². The van der Waals surface area contributed by atoms with Crippen molar-refractivity contribution in [2.24, 2.45) is 0 Å². The van der Waals surface area contributed by atoms with Gasteiger partial charge in [0.2, 0.25) is 0 Å². The Morgan fingerprint density at radius 1 is 1.17 bits per heavy atom. The van der Waals surface area contributed by atoms with Crippen LogP contribution in [0.15, 0.2) is 46.9 Å². The summed E-state index contributed by atoms with van der Waals surface area (Å²) in [5.74, 6) is 0.901. The van der Waals surface area contributed by atoms with E-state index in [9.17, 15) is 0 Å². The second-order valence-electron chi connectivity index (χ2n) is 4.14. The molecule has 3 heteroatoms. The summed E-state index contributed by atoms with van der Waals surface area (Å²) in [5.41, 5.74) is 8.82. The van der Waals surface area contributed by atoms with Gasteiger partial charge in [-0.3, -0.25) is 0 Å². The van der Waals surface area contributed by atoms with Crippen molar-refractivity contribution >= 4 is 21.6 Å². The fourth-order valence-electron chi connectivity index (χ4n) is 1.70. The average molecular weight is 306 g/mol. The lowest BCUT2D eigenvalue weighted by Gasteiger charge is -2.09. The molecule has 0 fully saturated rings. The summed E-state index contributed by atoms with van der Waals surface area (Å²) in [6.07, 6.45) is 1.02. The molecule has 2 aromatic rings. The van der Waals surface area contributed by atoms with E-state index in [2.05, 4.69) is 35.0 Å². The Bertz CT molecular complexity index is 540. The number of ether oxygens (including phenoxy) is 1. The Labute approximate surface area is 116 Å². The highest BCUT2D eigenvalue weighted by Gasteiger charge is 2.02. The Hall–Kier alpha value is -1.48. The summed E-state index contributed by atoms with van der Waals surface area (Å²) in [7, 11) is 0. The van der Waals surface area contributed by atoms with E-state index in [1.165, 1.54) is 5.56 Å². The summed E-state index contributed by atoms with van der Waals surface area (Å²) in [4.78, 5) is 0. The molecule has 0 saturated carbocycles. The summed E-state index contributed by atoms with van der Waals surface area (Å²) in [6.45, 7) is 2.67. The zero-order valence-corrected chi connectivity index (χ0v) is 11.9. The van der Waals surface area contributed by atoms with E-state index in [1.807, 2.05) is 30.3 Å². The number of hydrogen-bond donors (Lipinski definition) is 1. The molecule has 94 valence electrons. The molecule has 0 unspecified atom stereocenters. The maximum absolute atomic E-state index is 5.78. The minimum Gasteiger partial charge on any atom is -0.489 e. The molecular formula is C15H16BrNO. The number of rotatable bonds is 4. The van der Waals surface area contributed by atoms with Gasteiger partial charge in [-0.2, -0.15) is 0 Å². The van der Waals surface area contributed by atoms with Crippen molar-refractivity contribution in [3.05, 3.63) is 58.1 Å². The Kier molecular flexibility index (Phi) is 4.26. The summed E-state index contributed by atoms with van der Waals surface area (Å²) in [6, 6.07) is 13.9. The summed E-state index contributed by atoms with van der Waals surface area (Å²) >= 11 is 3.49. The van der Waals surface area contributed by atoms with Gasteiger partial charge in [0.1, 0.15) is 12.4 Å². The molecule has 18 heavy (non-hydrogen) atoms. The van der Waals surface area contributed by atoms with Crippen LogP contribution in [0.25, 0.3) is 0 Å². The van der Waals surface area contributed by atoms with E-state index in [0.717, 1.165) is 27.9 Å². The quantitative estimate of drug-likeness (QED) is 0.860. The van der Waals surface area contributed by atoms with Crippen molar-refractivity contribution < 1.29 is 4.74 Å². The number of anilines is 1. The molecule has 0 amide bonds. The lowest BCUT2D eigenvalue weighted by molar-refractivity contribution is 0.305. The first-order chi connectivity index (χ1) is 8.69.